The van der Waals surface area contributed by atoms with Crippen LogP contribution in [0.2, 0.25) is 0 Å². The summed E-state index contributed by atoms with van der Waals surface area (Å²) >= 11 is 0. The second-order valence-electron chi connectivity index (χ2n) is 4.61. The zero-order valence-electron chi connectivity index (χ0n) is 10.8. The topological polar surface area (TPSA) is 66.8 Å². The molecule has 0 radical (unpaired) electrons. The lowest BCUT2D eigenvalue weighted by atomic mass is 9.99. The molecule has 0 spiro atoms. The molecule has 5 heteroatoms. The molecule has 1 N–H and O–H groups in total. The molecule has 1 heterocycles. The van der Waals surface area contributed by atoms with Crippen molar-refractivity contribution in [3.63, 3.8) is 0 Å². The number of carboxylic acid groups (broad SMARTS) is 1. The molecular weight excluding hydrogens is 246 g/mol. The predicted octanol–water partition coefficient (Wildman–Crippen LogP) is 1.39. The van der Waals surface area contributed by atoms with E-state index in [1.807, 2.05) is 25.1 Å². The molecule has 1 aromatic carbocycles. The van der Waals surface area contributed by atoms with Crippen LogP contribution in [0.3, 0.4) is 0 Å². The summed E-state index contributed by atoms with van der Waals surface area (Å²) in [6.07, 6.45) is 0.0132. The Hall–Kier alpha value is -2.04. The van der Waals surface area contributed by atoms with Gasteiger partial charge in [-0.25, -0.2) is 0 Å². The van der Waals surface area contributed by atoms with Crippen LogP contribution in [0.25, 0.3) is 0 Å². The van der Waals surface area contributed by atoms with Gasteiger partial charge in [0.05, 0.1) is 5.92 Å². The van der Waals surface area contributed by atoms with E-state index < -0.39 is 18.0 Å². The first-order valence-electron chi connectivity index (χ1n) is 6.35. The zero-order valence-corrected chi connectivity index (χ0v) is 10.8. The number of rotatable bonds is 5. The fraction of sp³-hybridized carbons (Fsp3) is 0.429. The Labute approximate surface area is 111 Å². The fourth-order valence-electron chi connectivity index (χ4n) is 1.99. The van der Waals surface area contributed by atoms with Crippen molar-refractivity contribution < 1.29 is 19.4 Å². The highest BCUT2D eigenvalue weighted by atomic mass is 16.5. The van der Waals surface area contributed by atoms with E-state index in [9.17, 15) is 9.59 Å². The molecule has 1 aliphatic rings. The lowest BCUT2D eigenvalue weighted by molar-refractivity contribution is -0.156. The molecule has 1 atom stereocenters. The lowest BCUT2D eigenvalue weighted by Gasteiger charge is -2.38. The number of amides is 1. The molecule has 1 amide bonds. The van der Waals surface area contributed by atoms with Gasteiger partial charge in [-0.2, -0.15) is 0 Å². The Morgan fingerprint density at radius 2 is 2.00 bits per heavy atom. The first-order chi connectivity index (χ1) is 9.11. The van der Waals surface area contributed by atoms with Crippen molar-refractivity contribution in [3.8, 4) is 5.75 Å². The normalized spacial score (nSPS) is 16.6. The van der Waals surface area contributed by atoms with E-state index in [1.165, 1.54) is 4.90 Å². The first kappa shape index (κ1) is 13.4. The van der Waals surface area contributed by atoms with Gasteiger partial charge in [0.2, 0.25) is 0 Å². The van der Waals surface area contributed by atoms with Crippen LogP contribution in [0.4, 0.5) is 0 Å². The average molecular weight is 263 g/mol. The minimum Gasteiger partial charge on any atom is -0.481 e. The highest BCUT2D eigenvalue weighted by Crippen LogP contribution is 2.20. The van der Waals surface area contributed by atoms with Crippen molar-refractivity contribution in [2.75, 3.05) is 13.1 Å². The van der Waals surface area contributed by atoms with Gasteiger partial charge in [-0.15, -0.1) is 0 Å². The third-order valence-electron chi connectivity index (χ3n) is 3.21. The molecule has 0 aliphatic carbocycles. The number of carbonyl (C=O) groups excluding carboxylic acids is 1. The summed E-state index contributed by atoms with van der Waals surface area (Å²) in [5, 5.41) is 8.79. The van der Waals surface area contributed by atoms with Crippen LogP contribution >= 0.6 is 0 Å². The SMILES string of the molecule is CCC(Oc1ccccc1)C(=O)N1CC(C(=O)O)C1. The highest BCUT2D eigenvalue weighted by Gasteiger charge is 2.38. The molecule has 102 valence electrons. The van der Waals surface area contributed by atoms with Crippen LogP contribution < -0.4 is 4.74 Å². The largest absolute Gasteiger partial charge is 0.481 e. The fourth-order valence-corrected chi connectivity index (χ4v) is 1.99. The summed E-state index contributed by atoms with van der Waals surface area (Å²) in [5.74, 6) is -0.763. The number of ether oxygens (including phenoxy) is 1. The highest BCUT2D eigenvalue weighted by molar-refractivity contribution is 5.84. The number of benzene rings is 1. The Kier molecular flexibility index (Phi) is 4.04. The van der Waals surface area contributed by atoms with Crippen molar-refractivity contribution in [1.82, 2.24) is 4.90 Å². The molecular formula is C14H17NO4. The summed E-state index contributed by atoms with van der Waals surface area (Å²) in [4.78, 5) is 24.4. The number of likely N-dealkylation sites (tertiary alicyclic amines) is 1. The predicted molar refractivity (Wildman–Crippen MR) is 68.9 cm³/mol. The van der Waals surface area contributed by atoms with Crippen LogP contribution in [0.15, 0.2) is 30.3 Å². The number of hydrogen-bond donors (Lipinski definition) is 1. The summed E-state index contributed by atoms with van der Waals surface area (Å²) < 4.78 is 5.64. The number of carboxylic acids is 1. The molecule has 1 aromatic rings. The Morgan fingerprint density at radius 3 is 2.53 bits per heavy atom. The lowest BCUT2D eigenvalue weighted by Crippen LogP contribution is -2.56. The van der Waals surface area contributed by atoms with E-state index in [4.69, 9.17) is 9.84 Å². The number of para-hydroxylation sites is 1. The van der Waals surface area contributed by atoms with Gasteiger partial charge in [0.15, 0.2) is 6.10 Å². The van der Waals surface area contributed by atoms with Crippen molar-refractivity contribution in [3.05, 3.63) is 30.3 Å². The molecule has 1 aliphatic heterocycles. The molecule has 5 nitrogen and oxygen atoms in total. The van der Waals surface area contributed by atoms with Gasteiger partial charge in [0.1, 0.15) is 5.75 Å². The van der Waals surface area contributed by atoms with Gasteiger partial charge >= 0.3 is 5.97 Å². The van der Waals surface area contributed by atoms with Gasteiger partial charge < -0.3 is 14.7 Å². The second kappa shape index (κ2) is 5.73. The van der Waals surface area contributed by atoms with E-state index >= 15 is 0 Å². The molecule has 2 rings (SSSR count). The summed E-state index contributed by atoms with van der Waals surface area (Å²) in [5.41, 5.74) is 0. The van der Waals surface area contributed by atoms with Gasteiger partial charge in [0, 0.05) is 13.1 Å². The van der Waals surface area contributed by atoms with Gasteiger partial charge in [-0.1, -0.05) is 25.1 Å². The Morgan fingerprint density at radius 1 is 1.37 bits per heavy atom. The average Bonchev–Trinajstić information content (AvgIpc) is 2.34. The third kappa shape index (κ3) is 3.05. The summed E-state index contributed by atoms with van der Waals surface area (Å²) in [6.45, 7) is 2.44. The Bertz CT molecular complexity index is 454. The summed E-state index contributed by atoms with van der Waals surface area (Å²) in [6, 6.07) is 9.16. The standard InChI is InChI=1S/C14H17NO4/c1-2-12(19-11-6-4-3-5-7-11)13(16)15-8-10(9-15)14(17)18/h3-7,10,12H,2,8-9H2,1H3,(H,17,18). The quantitative estimate of drug-likeness (QED) is 0.871. The molecule has 19 heavy (non-hydrogen) atoms. The molecule has 1 unspecified atom stereocenters. The molecule has 1 fully saturated rings. The van der Waals surface area contributed by atoms with Crippen LogP contribution in [0.5, 0.6) is 5.75 Å². The van der Waals surface area contributed by atoms with Crippen molar-refractivity contribution in [2.24, 2.45) is 5.92 Å². The maximum Gasteiger partial charge on any atom is 0.310 e. The zero-order chi connectivity index (χ0) is 13.8. The van der Waals surface area contributed by atoms with E-state index in [0.717, 1.165) is 0 Å². The monoisotopic (exact) mass is 263 g/mol. The van der Waals surface area contributed by atoms with Crippen LogP contribution in [-0.4, -0.2) is 41.1 Å². The number of carbonyl (C=O) groups is 2. The van der Waals surface area contributed by atoms with E-state index in [-0.39, 0.29) is 19.0 Å². The smallest absolute Gasteiger partial charge is 0.310 e. The number of hydrogen-bond acceptors (Lipinski definition) is 3. The molecule has 0 bridgehead atoms. The molecule has 0 saturated carbocycles. The van der Waals surface area contributed by atoms with Crippen LogP contribution in [0, 0.1) is 5.92 Å². The Balaban J connectivity index is 1.92. The van der Waals surface area contributed by atoms with Crippen molar-refractivity contribution in [1.29, 1.82) is 0 Å². The third-order valence-corrected chi connectivity index (χ3v) is 3.21. The maximum atomic E-state index is 12.1. The maximum absolute atomic E-state index is 12.1. The van der Waals surface area contributed by atoms with Crippen molar-refractivity contribution in [2.45, 2.75) is 19.4 Å². The van der Waals surface area contributed by atoms with Crippen LogP contribution in [0.1, 0.15) is 13.3 Å². The van der Waals surface area contributed by atoms with E-state index in [1.54, 1.807) is 12.1 Å². The minimum absolute atomic E-state index is 0.135. The van der Waals surface area contributed by atoms with Gasteiger partial charge in [-0.05, 0) is 18.6 Å². The van der Waals surface area contributed by atoms with Gasteiger partial charge in [0.25, 0.3) is 5.91 Å². The van der Waals surface area contributed by atoms with E-state index in [0.29, 0.717) is 12.2 Å². The van der Waals surface area contributed by atoms with Crippen LogP contribution in [-0.2, 0) is 9.59 Å². The first-order valence-corrected chi connectivity index (χ1v) is 6.35. The molecule has 0 aromatic heterocycles. The second-order valence-corrected chi connectivity index (χ2v) is 4.61. The van der Waals surface area contributed by atoms with Crippen molar-refractivity contribution >= 4 is 11.9 Å². The molecule has 1 saturated heterocycles. The number of aliphatic carboxylic acids is 1. The summed E-state index contributed by atoms with van der Waals surface area (Å²) in [7, 11) is 0. The minimum atomic E-state index is -0.846. The van der Waals surface area contributed by atoms with Gasteiger partial charge in [-0.3, -0.25) is 9.59 Å². The van der Waals surface area contributed by atoms with E-state index in [2.05, 4.69) is 0 Å². The number of nitrogens with zero attached hydrogens (tertiary/aromatic N) is 1.